The van der Waals surface area contributed by atoms with Crippen LogP contribution in [0.25, 0.3) is 16.7 Å². The highest BCUT2D eigenvalue weighted by molar-refractivity contribution is 8.00. The lowest BCUT2D eigenvalue weighted by Crippen LogP contribution is -2.43. The van der Waals surface area contributed by atoms with Gasteiger partial charge in [-0.25, -0.2) is 14.5 Å². The number of pyridine rings is 1. The second-order valence-electron chi connectivity index (χ2n) is 8.36. The summed E-state index contributed by atoms with van der Waals surface area (Å²) >= 11 is 1.24. The molecular formula is C25H28N4O4S. The molecule has 3 heterocycles. The number of carbonyl (C=O) groups is 2. The summed E-state index contributed by atoms with van der Waals surface area (Å²) in [5.41, 5.74) is 1.34. The van der Waals surface area contributed by atoms with Crippen LogP contribution in [-0.4, -0.2) is 56.3 Å². The molecule has 34 heavy (non-hydrogen) atoms. The van der Waals surface area contributed by atoms with Gasteiger partial charge < -0.3 is 9.64 Å². The first kappa shape index (κ1) is 23.9. The van der Waals surface area contributed by atoms with E-state index in [0.717, 1.165) is 5.56 Å². The Morgan fingerprint density at radius 1 is 1.18 bits per heavy atom. The first-order chi connectivity index (χ1) is 16.4. The number of benzene rings is 1. The van der Waals surface area contributed by atoms with Crippen LogP contribution in [0.2, 0.25) is 0 Å². The van der Waals surface area contributed by atoms with E-state index >= 15 is 0 Å². The molecule has 0 N–H and O–H groups in total. The topological polar surface area (TPSA) is 94.4 Å². The van der Waals surface area contributed by atoms with Gasteiger partial charge in [-0.2, -0.15) is 0 Å². The Hall–Kier alpha value is -3.20. The maximum absolute atomic E-state index is 13.4. The van der Waals surface area contributed by atoms with Crippen molar-refractivity contribution in [3.63, 3.8) is 0 Å². The zero-order valence-corrected chi connectivity index (χ0v) is 20.4. The predicted molar refractivity (Wildman–Crippen MR) is 131 cm³/mol. The Kier molecular flexibility index (Phi) is 7.31. The van der Waals surface area contributed by atoms with E-state index in [0.29, 0.717) is 54.4 Å². The van der Waals surface area contributed by atoms with Crippen LogP contribution >= 0.6 is 11.8 Å². The molecule has 0 saturated carbocycles. The molecule has 4 rings (SSSR count). The predicted octanol–water partition coefficient (Wildman–Crippen LogP) is 3.37. The molecule has 1 aliphatic heterocycles. The first-order valence-corrected chi connectivity index (χ1v) is 12.3. The third kappa shape index (κ3) is 4.99. The highest BCUT2D eigenvalue weighted by Gasteiger charge is 2.31. The molecular weight excluding hydrogens is 452 g/mol. The summed E-state index contributed by atoms with van der Waals surface area (Å²) in [4.78, 5) is 49.5. The monoisotopic (exact) mass is 480 g/mol. The van der Waals surface area contributed by atoms with Gasteiger partial charge in [-0.3, -0.25) is 14.4 Å². The molecule has 0 bridgehead atoms. The van der Waals surface area contributed by atoms with Gasteiger partial charge in [-0.1, -0.05) is 30.0 Å². The van der Waals surface area contributed by atoms with Crippen LogP contribution in [-0.2, 0) is 14.3 Å². The summed E-state index contributed by atoms with van der Waals surface area (Å²) in [5.74, 6) is 0.0725. The van der Waals surface area contributed by atoms with Gasteiger partial charge >= 0.3 is 5.97 Å². The van der Waals surface area contributed by atoms with E-state index in [9.17, 15) is 14.4 Å². The molecule has 1 unspecified atom stereocenters. The molecule has 1 atom stereocenters. The average molecular weight is 481 g/mol. The van der Waals surface area contributed by atoms with Gasteiger partial charge in [0.15, 0.2) is 5.16 Å². The number of aryl methyl sites for hydroxylation is 1. The van der Waals surface area contributed by atoms with Gasteiger partial charge in [-0.15, -0.1) is 0 Å². The number of piperidine rings is 1. The van der Waals surface area contributed by atoms with Gasteiger partial charge in [0.25, 0.3) is 5.56 Å². The molecule has 1 aliphatic rings. The van der Waals surface area contributed by atoms with Crippen LogP contribution in [0.4, 0.5) is 0 Å². The van der Waals surface area contributed by atoms with Crippen LogP contribution in [0.15, 0.2) is 52.5 Å². The maximum Gasteiger partial charge on any atom is 0.309 e. The fourth-order valence-corrected chi connectivity index (χ4v) is 5.05. The quantitative estimate of drug-likeness (QED) is 0.303. The SMILES string of the molecule is CCOC(=O)C1CCN(C(=O)C(C)Sc2nc3ccccc3c(=O)n2-c2ccc(C)cn2)CC1. The fourth-order valence-electron chi connectivity index (χ4n) is 4.05. The highest BCUT2D eigenvalue weighted by atomic mass is 32.2. The number of thioether (sulfide) groups is 1. The summed E-state index contributed by atoms with van der Waals surface area (Å²) in [5, 5.41) is 0.445. The lowest BCUT2D eigenvalue weighted by Gasteiger charge is -2.32. The number of para-hydroxylation sites is 1. The third-order valence-electron chi connectivity index (χ3n) is 5.93. The van der Waals surface area contributed by atoms with E-state index in [4.69, 9.17) is 9.72 Å². The second-order valence-corrected chi connectivity index (χ2v) is 9.67. The van der Waals surface area contributed by atoms with Gasteiger partial charge in [0.05, 0.1) is 28.7 Å². The number of fused-ring (bicyclic) bond motifs is 1. The van der Waals surface area contributed by atoms with E-state index in [1.165, 1.54) is 16.3 Å². The zero-order valence-electron chi connectivity index (χ0n) is 19.6. The van der Waals surface area contributed by atoms with Gasteiger partial charge in [-0.05, 0) is 57.4 Å². The Balaban J connectivity index is 1.58. The van der Waals surface area contributed by atoms with Crippen molar-refractivity contribution < 1.29 is 14.3 Å². The van der Waals surface area contributed by atoms with Gasteiger partial charge in [0, 0.05) is 19.3 Å². The number of nitrogens with zero attached hydrogens (tertiary/aromatic N) is 4. The Labute approximate surface area is 202 Å². The van der Waals surface area contributed by atoms with Crippen LogP contribution in [0.5, 0.6) is 0 Å². The summed E-state index contributed by atoms with van der Waals surface area (Å²) in [6, 6.07) is 10.8. The normalized spacial score (nSPS) is 15.3. The van der Waals surface area contributed by atoms with Crippen molar-refractivity contribution in [2.45, 2.75) is 44.0 Å². The average Bonchev–Trinajstić information content (AvgIpc) is 2.85. The van der Waals surface area contributed by atoms with Crippen molar-refractivity contribution in [3.8, 4) is 5.82 Å². The first-order valence-electron chi connectivity index (χ1n) is 11.5. The van der Waals surface area contributed by atoms with Crippen molar-refractivity contribution in [1.82, 2.24) is 19.4 Å². The summed E-state index contributed by atoms with van der Waals surface area (Å²) in [6.07, 6.45) is 2.88. The summed E-state index contributed by atoms with van der Waals surface area (Å²) in [7, 11) is 0. The smallest absolute Gasteiger partial charge is 0.309 e. The molecule has 0 aliphatic carbocycles. The number of hydrogen-bond acceptors (Lipinski definition) is 7. The maximum atomic E-state index is 13.4. The summed E-state index contributed by atoms with van der Waals surface area (Å²) < 4.78 is 6.59. The number of carbonyl (C=O) groups excluding carboxylic acids is 2. The largest absolute Gasteiger partial charge is 0.466 e. The van der Waals surface area contributed by atoms with Crippen molar-refractivity contribution in [3.05, 3.63) is 58.5 Å². The molecule has 1 amide bonds. The lowest BCUT2D eigenvalue weighted by molar-refractivity contribution is -0.151. The molecule has 1 saturated heterocycles. The van der Waals surface area contributed by atoms with E-state index in [1.54, 1.807) is 42.3 Å². The molecule has 1 fully saturated rings. The number of aromatic nitrogens is 3. The summed E-state index contributed by atoms with van der Waals surface area (Å²) in [6.45, 7) is 6.91. The molecule has 1 aromatic carbocycles. The third-order valence-corrected chi connectivity index (χ3v) is 6.97. The van der Waals surface area contributed by atoms with E-state index in [2.05, 4.69) is 4.98 Å². The number of rotatable bonds is 6. The van der Waals surface area contributed by atoms with Crippen molar-refractivity contribution in [2.24, 2.45) is 5.92 Å². The van der Waals surface area contributed by atoms with Crippen molar-refractivity contribution in [1.29, 1.82) is 0 Å². The minimum atomic E-state index is -0.469. The molecule has 2 aromatic heterocycles. The van der Waals surface area contributed by atoms with E-state index in [1.807, 2.05) is 26.0 Å². The highest BCUT2D eigenvalue weighted by Crippen LogP contribution is 2.27. The molecule has 8 nitrogen and oxygen atoms in total. The van der Waals surface area contributed by atoms with E-state index in [-0.39, 0.29) is 23.4 Å². The lowest BCUT2D eigenvalue weighted by atomic mass is 9.97. The van der Waals surface area contributed by atoms with Crippen LogP contribution in [0, 0.1) is 12.8 Å². The Morgan fingerprint density at radius 3 is 2.59 bits per heavy atom. The van der Waals surface area contributed by atoms with Crippen LogP contribution in [0.1, 0.15) is 32.3 Å². The number of ether oxygens (including phenoxy) is 1. The molecule has 0 spiro atoms. The molecule has 178 valence electrons. The number of likely N-dealkylation sites (tertiary alicyclic amines) is 1. The number of hydrogen-bond donors (Lipinski definition) is 0. The zero-order chi connectivity index (χ0) is 24.2. The molecule has 0 radical (unpaired) electrons. The Bertz CT molecular complexity index is 1250. The molecule has 3 aromatic rings. The van der Waals surface area contributed by atoms with Gasteiger partial charge in [0.1, 0.15) is 5.82 Å². The fraction of sp³-hybridized carbons (Fsp3) is 0.400. The second kappa shape index (κ2) is 10.4. The standard InChI is InChI=1S/C25H28N4O4S/c1-4-33-24(32)18-11-13-28(14-12-18)22(30)17(3)34-25-27-20-8-6-5-7-19(20)23(31)29(25)21-10-9-16(2)15-26-21/h5-10,15,17-18H,4,11-14H2,1-3H3. The van der Waals surface area contributed by atoms with E-state index < -0.39 is 5.25 Å². The number of esters is 1. The number of amides is 1. The minimum absolute atomic E-state index is 0.0434. The Morgan fingerprint density at radius 2 is 1.91 bits per heavy atom. The van der Waals surface area contributed by atoms with Crippen LogP contribution < -0.4 is 5.56 Å². The van der Waals surface area contributed by atoms with Crippen molar-refractivity contribution >= 4 is 34.5 Å². The molecule has 9 heteroatoms. The van der Waals surface area contributed by atoms with Crippen molar-refractivity contribution in [2.75, 3.05) is 19.7 Å². The van der Waals surface area contributed by atoms with Crippen LogP contribution in [0.3, 0.4) is 0 Å². The minimum Gasteiger partial charge on any atom is -0.466 e. The van der Waals surface area contributed by atoms with Gasteiger partial charge in [0.2, 0.25) is 5.91 Å².